The molecule has 1 heteroatoms. The van der Waals surface area contributed by atoms with Crippen molar-refractivity contribution in [2.45, 2.75) is 6.16 Å². The maximum atomic E-state index is 2.23. The van der Waals surface area contributed by atoms with Gasteiger partial charge in [0.05, 0.1) is 0 Å². The minimum atomic E-state index is 1.08. The highest BCUT2D eigenvalue weighted by Gasteiger charge is 2.01. The van der Waals surface area contributed by atoms with Crippen LogP contribution in [-0.2, 0) is 6.16 Å². The summed E-state index contributed by atoms with van der Waals surface area (Å²) in [6.45, 7) is 0. The molecule has 3 aromatic rings. The fraction of sp³-hybridized carbons (Fsp3) is 0.0588. The van der Waals surface area contributed by atoms with E-state index in [0.717, 1.165) is 6.16 Å². The van der Waals surface area contributed by atoms with Crippen LogP contribution < -0.4 is 5.30 Å². The lowest BCUT2D eigenvalue weighted by atomic mass is 10.1. The van der Waals surface area contributed by atoms with Crippen molar-refractivity contribution in [1.82, 2.24) is 0 Å². The Hall–Kier alpha value is -1.65. The average Bonchev–Trinajstić information content (AvgIpc) is 2.46. The van der Waals surface area contributed by atoms with Gasteiger partial charge in [-0.2, -0.15) is 0 Å². The van der Waals surface area contributed by atoms with Crippen molar-refractivity contribution in [3.05, 3.63) is 78.4 Å². The molecule has 0 nitrogen and oxygen atoms in total. The maximum Gasteiger partial charge on any atom is 0.000916 e. The number of fused-ring (bicyclic) bond motifs is 1. The Morgan fingerprint density at radius 3 is 2.28 bits per heavy atom. The fourth-order valence-corrected chi connectivity index (χ4v) is 3.24. The van der Waals surface area contributed by atoms with Crippen LogP contribution in [0.1, 0.15) is 5.56 Å². The van der Waals surface area contributed by atoms with E-state index in [4.69, 9.17) is 0 Å². The largest absolute Gasteiger partial charge is 0.0622 e. The van der Waals surface area contributed by atoms with E-state index < -0.39 is 0 Å². The Labute approximate surface area is 109 Å². The van der Waals surface area contributed by atoms with E-state index in [0.29, 0.717) is 0 Å². The molecule has 0 aliphatic carbocycles. The molecule has 0 bridgehead atoms. The van der Waals surface area contributed by atoms with Gasteiger partial charge in [-0.1, -0.05) is 72.8 Å². The third-order valence-electron chi connectivity index (χ3n) is 3.04. The molecule has 0 unspecified atom stereocenters. The van der Waals surface area contributed by atoms with Crippen LogP contribution in [0.4, 0.5) is 0 Å². The summed E-state index contributed by atoms with van der Waals surface area (Å²) in [6.07, 6.45) is 1.08. The summed E-state index contributed by atoms with van der Waals surface area (Å²) in [5.74, 6) is 0. The first-order valence-corrected chi connectivity index (χ1v) is 7.21. The van der Waals surface area contributed by atoms with Crippen LogP contribution in [0.3, 0.4) is 0 Å². The summed E-state index contributed by atoms with van der Waals surface area (Å²) in [5.41, 5.74) is 1.40. The molecule has 0 saturated carbocycles. The van der Waals surface area contributed by atoms with Crippen molar-refractivity contribution < 1.29 is 0 Å². The topological polar surface area (TPSA) is 0 Å². The van der Waals surface area contributed by atoms with Crippen molar-refractivity contribution in [3.8, 4) is 0 Å². The lowest BCUT2D eigenvalue weighted by molar-refractivity contribution is 1.41. The minimum absolute atomic E-state index is 1.08. The monoisotopic (exact) mass is 249 g/mol. The van der Waals surface area contributed by atoms with E-state index in [1.54, 1.807) is 0 Å². The third-order valence-corrected chi connectivity index (χ3v) is 4.30. The highest BCUT2D eigenvalue weighted by atomic mass is 31.1. The summed E-state index contributed by atoms with van der Waals surface area (Å²) in [7, 11) is 1.37. The Kier molecular flexibility index (Phi) is 3.39. The number of hydrogen-bond donors (Lipinski definition) is 0. The molecule has 0 fully saturated rings. The van der Waals surface area contributed by atoms with E-state index in [1.807, 2.05) is 0 Å². The van der Waals surface area contributed by atoms with Crippen LogP contribution in [0.5, 0.6) is 0 Å². The quantitative estimate of drug-likeness (QED) is 0.594. The Morgan fingerprint density at radius 1 is 0.667 bits per heavy atom. The SMILES string of the molecule is c1ccc(C[P]c2cccc3ccccc23)cc1. The third kappa shape index (κ3) is 2.44. The van der Waals surface area contributed by atoms with Crippen molar-refractivity contribution >= 4 is 24.7 Å². The smallest absolute Gasteiger partial charge is 0.000916 e. The second-order valence-corrected chi connectivity index (χ2v) is 5.41. The van der Waals surface area contributed by atoms with Crippen LogP contribution in [0.15, 0.2) is 72.8 Å². The molecule has 3 rings (SSSR count). The van der Waals surface area contributed by atoms with Gasteiger partial charge >= 0.3 is 0 Å². The van der Waals surface area contributed by atoms with Crippen molar-refractivity contribution in [2.75, 3.05) is 0 Å². The first-order valence-electron chi connectivity index (χ1n) is 6.13. The molecule has 87 valence electrons. The first kappa shape index (κ1) is 11.4. The van der Waals surface area contributed by atoms with Crippen molar-refractivity contribution in [3.63, 3.8) is 0 Å². The van der Waals surface area contributed by atoms with Crippen LogP contribution in [0.25, 0.3) is 10.8 Å². The van der Waals surface area contributed by atoms with Gasteiger partial charge in [-0.3, -0.25) is 0 Å². The molecule has 0 aliphatic rings. The van der Waals surface area contributed by atoms with Crippen molar-refractivity contribution in [2.24, 2.45) is 0 Å². The Bertz CT molecular complexity index is 639. The molecule has 0 aromatic heterocycles. The molecular formula is C17H14P. The zero-order chi connectivity index (χ0) is 12.2. The van der Waals surface area contributed by atoms with Gasteiger partial charge in [0.15, 0.2) is 0 Å². The van der Waals surface area contributed by atoms with Gasteiger partial charge in [-0.25, -0.2) is 0 Å². The molecule has 0 spiro atoms. The molecule has 0 amide bonds. The van der Waals surface area contributed by atoms with Gasteiger partial charge in [0, 0.05) is 6.16 Å². The van der Waals surface area contributed by atoms with Crippen LogP contribution in [0.2, 0.25) is 0 Å². The maximum absolute atomic E-state index is 2.23. The summed E-state index contributed by atoms with van der Waals surface area (Å²) in [6, 6.07) is 25.8. The fourth-order valence-electron chi connectivity index (χ4n) is 2.11. The lowest BCUT2D eigenvalue weighted by Gasteiger charge is -2.06. The van der Waals surface area contributed by atoms with Crippen LogP contribution >= 0.6 is 8.58 Å². The molecular weight excluding hydrogens is 235 g/mol. The highest BCUT2D eigenvalue weighted by molar-refractivity contribution is 7.47. The molecule has 0 atom stereocenters. The predicted octanol–water partition coefficient (Wildman–Crippen LogP) is 4.61. The molecule has 0 aliphatic heterocycles. The lowest BCUT2D eigenvalue weighted by Crippen LogP contribution is -1.96. The summed E-state index contributed by atoms with van der Waals surface area (Å²) in [4.78, 5) is 0. The van der Waals surface area contributed by atoms with Gasteiger partial charge in [0.1, 0.15) is 0 Å². The zero-order valence-electron chi connectivity index (χ0n) is 10.1. The molecule has 3 aromatic carbocycles. The second kappa shape index (κ2) is 5.33. The van der Waals surface area contributed by atoms with E-state index >= 15 is 0 Å². The van der Waals surface area contributed by atoms with Gasteiger partial charge in [0.2, 0.25) is 0 Å². The van der Waals surface area contributed by atoms with Gasteiger partial charge in [-0.15, -0.1) is 0 Å². The summed E-state index contributed by atoms with van der Waals surface area (Å²) >= 11 is 0. The van der Waals surface area contributed by atoms with Gasteiger partial charge in [0.25, 0.3) is 0 Å². The van der Waals surface area contributed by atoms with E-state index in [9.17, 15) is 0 Å². The normalized spacial score (nSPS) is 11.3. The van der Waals surface area contributed by atoms with E-state index in [-0.39, 0.29) is 0 Å². The van der Waals surface area contributed by atoms with Crippen LogP contribution in [0, 0.1) is 0 Å². The van der Waals surface area contributed by atoms with Crippen LogP contribution in [-0.4, -0.2) is 0 Å². The predicted molar refractivity (Wildman–Crippen MR) is 80.6 cm³/mol. The van der Waals surface area contributed by atoms with E-state index in [1.165, 1.54) is 30.2 Å². The summed E-state index contributed by atoms with van der Waals surface area (Å²) < 4.78 is 0. The average molecular weight is 249 g/mol. The number of benzene rings is 3. The minimum Gasteiger partial charge on any atom is -0.0622 e. The zero-order valence-corrected chi connectivity index (χ0v) is 11.0. The molecule has 18 heavy (non-hydrogen) atoms. The Balaban J connectivity index is 1.87. The number of rotatable bonds is 3. The highest BCUT2D eigenvalue weighted by Crippen LogP contribution is 2.23. The Morgan fingerprint density at radius 2 is 1.39 bits per heavy atom. The van der Waals surface area contributed by atoms with Gasteiger partial charge in [-0.05, 0) is 30.2 Å². The molecule has 1 radical (unpaired) electrons. The van der Waals surface area contributed by atoms with E-state index in [2.05, 4.69) is 72.8 Å². The second-order valence-electron chi connectivity index (χ2n) is 4.30. The molecule has 0 N–H and O–H groups in total. The summed E-state index contributed by atoms with van der Waals surface area (Å²) in [5, 5.41) is 4.12. The molecule has 0 heterocycles. The number of hydrogen-bond acceptors (Lipinski definition) is 0. The van der Waals surface area contributed by atoms with Gasteiger partial charge < -0.3 is 0 Å². The first-order chi connectivity index (χ1) is 8.93. The van der Waals surface area contributed by atoms with Crippen molar-refractivity contribution in [1.29, 1.82) is 0 Å². The molecule has 0 saturated heterocycles. The standard InChI is InChI=1S/C17H14P/c1-2-7-14(8-3-1)13-18-17-12-6-10-15-9-4-5-11-16(15)17/h1-12H,13H2.